The van der Waals surface area contributed by atoms with Gasteiger partial charge < -0.3 is 0 Å². The van der Waals surface area contributed by atoms with E-state index in [1.165, 1.54) is 16.3 Å². The Balaban J connectivity index is 1.31. The van der Waals surface area contributed by atoms with Crippen LogP contribution in [0.15, 0.2) is 158 Å². The van der Waals surface area contributed by atoms with E-state index in [-0.39, 0.29) is 0 Å². The maximum atomic E-state index is 5.12. The molecule has 5 aromatic carbocycles. The second-order valence-corrected chi connectivity index (χ2v) is 11.2. The van der Waals surface area contributed by atoms with Crippen LogP contribution in [0, 0.1) is 6.92 Å². The highest BCUT2D eigenvalue weighted by Crippen LogP contribution is 2.37. The monoisotopic (exact) mass is 563 g/mol. The fourth-order valence-electron chi connectivity index (χ4n) is 6.10. The molecule has 0 N–H and O–H groups in total. The van der Waals surface area contributed by atoms with Gasteiger partial charge in [0.25, 0.3) is 0 Å². The predicted molar refractivity (Wildman–Crippen MR) is 182 cm³/mol. The van der Waals surface area contributed by atoms with Crippen molar-refractivity contribution < 1.29 is 0 Å². The van der Waals surface area contributed by atoms with Crippen LogP contribution in [0.5, 0.6) is 0 Å². The summed E-state index contributed by atoms with van der Waals surface area (Å²) in [5.74, 6) is 0. The number of pyridine rings is 2. The zero-order valence-electron chi connectivity index (χ0n) is 24.4. The van der Waals surface area contributed by atoms with Gasteiger partial charge in [-0.1, -0.05) is 97.1 Å². The third-order valence-corrected chi connectivity index (χ3v) is 8.25. The first-order valence-corrected chi connectivity index (χ1v) is 14.9. The number of hydrogen-bond acceptors (Lipinski definition) is 2. The van der Waals surface area contributed by atoms with Gasteiger partial charge in [0, 0.05) is 28.6 Å². The van der Waals surface area contributed by atoms with E-state index >= 15 is 0 Å². The molecule has 3 aromatic heterocycles. The zero-order chi connectivity index (χ0) is 29.5. The SMILES string of the molecule is Cc1cccc(-c2cc(-c3cccc(-c4nc5ccccn5c4-c4ccccc4)c3)cc(-c3ccc4ccccc4c3)c2)n1. The van der Waals surface area contributed by atoms with Crippen molar-refractivity contribution in [1.29, 1.82) is 0 Å². The average molecular weight is 564 g/mol. The van der Waals surface area contributed by atoms with Crippen LogP contribution in [0.4, 0.5) is 0 Å². The molecule has 3 heterocycles. The van der Waals surface area contributed by atoms with Crippen LogP contribution in [0.1, 0.15) is 5.69 Å². The summed E-state index contributed by atoms with van der Waals surface area (Å²) in [6, 6.07) is 53.7. The van der Waals surface area contributed by atoms with Gasteiger partial charge in [0.2, 0.25) is 0 Å². The van der Waals surface area contributed by atoms with E-state index in [0.29, 0.717) is 0 Å². The minimum Gasteiger partial charge on any atom is -0.299 e. The van der Waals surface area contributed by atoms with Crippen molar-refractivity contribution in [2.75, 3.05) is 0 Å². The Morgan fingerprint density at radius 2 is 1.09 bits per heavy atom. The molecule has 8 rings (SSSR count). The second-order valence-electron chi connectivity index (χ2n) is 11.2. The number of rotatable bonds is 5. The molecule has 0 amide bonds. The summed E-state index contributed by atoms with van der Waals surface area (Å²) in [4.78, 5) is 10.0. The normalized spacial score (nSPS) is 11.3. The van der Waals surface area contributed by atoms with E-state index in [1.54, 1.807) is 0 Å². The van der Waals surface area contributed by atoms with Crippen molar-refractivity contribution in [3.63, 3.8) is 0 Å². The van der Waals surface area contributed by atoms with Crippen LogP contribution in [0.2, 0.25) is 0 Å². The lowest BCUT2D eigenvalue weighted by Crippen LogP contribution is -1.91. The van der Waals surface area contributed by atoms with Crippen molar-refractivity contribution in [2.45, 2.75) is 6.92 Å². The second kappa shape index (κ2) is 10.8. The lowest BCUT2D eigenvalue weighted by molar-refractivity contribution is 1.19. The number of hydrogen-bond donors (Lipinski definition) is 0. The van der Waals surface area contributed by atoms with Crippen LogP contribution in [-0.4, -0.2) is 14.4 Å². The van der Waals surface area contributed by atoms with E-state index < -0.39 is 0 Å². The summed E-state index contributed by atoms with van der Waals surface area (Å²) in [5, 5.41) is 2.47. The van der Waals surface area contributed by atoms with E-state index in [2.05, 4.69) is 150 Å². The summed E-state index contributed by atoms with van der Waals surface area (Å²) in [6.45, 7) is 2.04. The molecule has 0 saturated carbocycles. The molecule has 0 spiro atoms. The number of nitrogens with zero attached hydrogens (tertiary/aromatic N) is 3. The Morgan fingerprint density at radius 1 is 0.432 bits per heavy atom. The molecule has 208 valence electrons. The Hall–Kier alpha value is -5.80. The molecular formula is C41H29N3. The minimum atomic E-state index is 0.929. The Kier molecular flexibility index (Phi) is 6.35. The molecule has 0 atom stereocenters. The standard InChI is InChI=1S/C41H29N3/c1-28-11-9-18-38(42-28)37-26-35(25-36(27-37)33-21-20-29-12-5-6-15-31(29)23-33)32-16-10-17-34(24-32)40-41(30-13-3-2-4-14-30)44-22-8-7-19-39(44)43-40/h2-27H,1H3. The first-order valence-electron chi connectivity index (χ1n) is 14.9. The van der Waals surface area contributed by atoms with Crippen molar-refractivity contribution in [2.24, 2.45) is 0 Å². The molecule has 8 aromatic rings. The summed E-state index contributed by atoms with van der Waals surface area (Å²) in [7, 11) is 0. The Morgan fingerprint density at radius 3 is 1.93 bits per heavy atom. The van der Waals surface area contributed by atoms with E-state index in [4.69, 9.17) is 9.97 Å². The van der Waals surface area contributed by atoms with Crippen LogP contribution in [0.3, 0.4) is 0 Å². The number of imidazole rings is 1. The minimum absolute atomic E-state index is 0.929. The average Bonchev–Trinajstić information content (AvgIpc) is 3.48. The summed E-state index contributed by atoms with van der Waals surface area (Å²) >= 11 is 0. The summed E-state index contributed by atoms with van der Waals surface area (Å²) in [6.07, 6.45) is 2.09. The molecular weight excluding hydrogens is 534 g/mol. The quantitative estimate of drug-likeness (QED) is 0.208. The highest BCUT2D eigenvalue weighted by molar-refractivity contribution is 5.90. The van der Waals surface area contributed by atoms with Crippen molar-refractivity contribution in [3.05, 3.63) is 164 Å². The van der Waals surface area contributed by atoms with E-state index in [0.717, 1.165) is 61.8 Å². The third kappa shape index (κ3) is 4.75. The fraction of sp³-hybridized carbons (Fsp3) is 0.0244. The molecule has 0 aliphatic carbocycles. The molecule has 0 saturated heterocycles. The molecule has 0 aliphatic rings. The van der Waals surface area contributed by atoms with Gasteiger partial charge in [-0.2, -0.15) is 0 Å². The molecule has 0 radical (unpaired) electrons. The van der Waals surface area contributed by atoms with Gasteiger partial charge in [-0.25, -0.2) is 4.98 Å². The van der Waals surface area contributed by atoms with Crippen molar-refractivity contribution in [1.82, 2.24) is 14.4 Å². The zero-order valence-corrected chi connectivity index (χ0v) is 24.4. The molecule has 3 nitrogen and oxygen atoms in total. The summed E-state index contributed by atoms with van der Waals surface area (Å²) < 4.78 is 2.18. The van der Waals surface area contributed by atoms with Gasteiger partial charge in [0.15, 0.2) is 0 Å². The largest absolute Gasteiger partial charge is 0.299 e. The van der Waals surface area contributed by atoms with Gasteiger partial charge in [-0.05, 0) is 94.5 Å². The van der Waals surface area contributed by atoms with Gasteiger partial charge in [-0.3, -0.25) is 9.38 Å². The lowest BCUT2D eigenvalue weighted by Gasteiger charge is -2.13. The number of fused-ring (bicyclic) bond motifs is 2. The molecule has 0 bridgehead atoms. The fourth-order valence-corrected chi connectivity index (χ4v) is 6.10. The van der Waals surface area contributed by atoms with Crippen molar-refractivity contribution >= 4 is 16.4 Å². The summed E-state index contributed by atoms with van der Waals surface area (Å²) in [5.41, 5.74) is 12.9. The van der Waals surface area contributed by atoms with Crippen LogP contribution < -0.4 is 0 Å². The van der Waals surface area contributed by atoms with E-state index in [1.807, 2.05) is 19.1 Å². The van der Waals surface area contributed by atoms with E-state index in [9.17, 15) is 0 Å². The predicted octanol–water partition coefficient (Wildman–Crippen LogP) is 10.5. The smallest absolute Gasteiger partial charge is 0.137 e. The number of benzene rings is 5. The van der Waals surface area contributed by atoms with Crippen molar-refractivity contribution in [3.8, 4) is 56.0 Å². The van der Waals surface area contributed by atoms with Crippen LogP contribution in [0.25, 0.3) is 72.4 Å². The lowest BCUT2D eigenvalue weighted by atomic mass is 9.92. The Bertz CT molecular complexity index is 2300. The molecule has 0 fully saturated rings. The maximum absolute atomic E-state index is 5.12. The van der Waals surface area contributed by atoms with Gasteiger partial charge in [-0.15, -0.1) is 0 Å². The topological polar surface area (TPSA) is 30.2 Å². The highest BCUT2D eigenvalue weighted by atomic mass is 15.0. The molecule has 44 heavy (non-hydrogen) atoms. The number of aryl methyl sites for hydroxylation is 1. The third-order valence-electron chi connectivity index (χ3n) is 8.25. The van der Waals surface area contributed by atoms with Gasteiger partial charge >= 0.3 is 0 Å². The number of aromatic nitrogens is 3. The van der Waals surface area contributed by atoms with Crippen LogP contribution >= 0.6 is 0 Å². The first kappa shape index (κ1) is 25.9. The highest BCUT2D eigenvalue weighted by Gasteiger charge is 2.17. The van der Waals surface area contributed by atoms with Crippen LogP contribution in [-0.2, 0) is 0 Å². The molecule has 0 aliphatic heterocycles. The van der Waals surface area contributed by atoms with Gasteiger partial charge in [0.05, 0.1) is 17.1 Å². The van der Waals surface area contributed by atoms with Gasteiger partial charge in [0.1, 0.15) is 5.65 Å². The Labute approximate surface area is 256 Å². The first-order chi connectivity index (χ1) is 21.7. The molecule has 3 heteroatoms. The maximum Gasteiger partial charge on any atom is 0.137 e. The molecule has 0 unspecified atom stereocenters.